The van der Waals surface area contributed by atoms with Gasteiger partial charge in [-0.3, -0.25) is 9.69 Å². The normalized spacial score (nSPS) is 23.0. The summed E-state index contributed by atoms with van der Waals surface area (Å²) in [5.74, 6) is 0.516. The second kappa shape index (κ2) is 6.66. The highest BCUT2D eigenvalue weighted by Gasteiger charge is 2.16. The van der Waals surface area contributed by atoms with E-state index in [2.05, 4.69) is 25.0 Å². The molecule has 1 rings (SSSR count). The van der Waals surface area contributed by atoms with Crippen molar-refractivity contribution < 1.29 is 4.79 Å². The lowest BCUT2D eigenvalue weighted by Gasteiger charge is -2.29. The molecule has 1 heterocycles. The van der Waals surface area contributed by atoms with Gasteiger partial charge in [-0.25, -0.2) is 0 Å². The predicted octanol–water partition coefficient (Wildman–Crippen LogP) is 1.01. The molecule has 0 aromatic rings. The zero-order valence-electron chi connectivity index (χ0n) is 8.46. The number of nitrogens with two attached hydrogens (primary N) is 1. The highest BCUT2D eigenvalue weighted by molar-refractivity contribution is 5.75. The van der Waals surface area contributed by atoms with Crippen LogP contribution < -0.4 is 5.73 Å². The zero-order valence-corrected chi connectivity index (χ0v) is 8.46. The van der Waals surface area contributed by atoms with Crippen molar-refractivity contribution in [3.63, 3.8) is 0 Å². The molecule has 0 radical (unpaired) electrons. The quantitative estimate of drug-likeness (QED) is 0.651. The summed E-state index contributed by atoms with van der Waals surface area (Å²) in [5.41, 5.74) is 5.09. The molecule has 1 fully saturated rings. The highest BCUT2D eigenvalue weighted by Crippen LogP contribution is 2.14. The lowest BCUT2D eigenvalue weighted by molar-refractivity contribution is -0.119. The van der Waals surface area contributed by atoms with Crippen LogP contribution in [-0.4, -0.2) is 30.4 Å². The maximum atomic E-state index is 10.6. The number of hydrogen-bond donors (Lipinski definition) is 1. The van der Waals surface area contributed by atoms with Gasteiger partial charge >= 0.3 is 0 Å². The number of amides is 1. The van der Waals surface area contributed by atoms with Crippen molar-refractivity contribution in [2.75, 3.05) is 19.6 Å². The first-order valence-electron chi connectivity index (χ1n) is 4.69. The van der Waals surface area contributed by atoms with Gasteiger partial charge in [-0.1, -0.05) is 6.92 Å². The fourth-order valence-corrected chi connectivity index (χ4v) is 1.65. The van der Waals surface area contributed by atoms with E-state index in [1.54, 1.807) is 0 Å². The Morgan fingerprint density at radius 2 is 2.23 bits per heavy atom. The third kappa shape index (κ3) is 5.42. The van der Waals surface area contributed by atoms with E-state index in [0.29, 0.717) is 6.54 Å². The van der Waals surface area contributed by atoms with Crippen LogP contribution in [0, 0.1) is 5.92 Å². The molecule has 0 spiro atoms. The summed E-state index contributed by atoms with van der Waals surface area (Å²) in [7, 11) is 0. The molecule has 2 N–H and O–H groups in total. The second-order valence-electron chi connectivity index (χ2n) is 3.45. The van der Waals surface area contributed by atoms with Gasteiger partial charge in [-0.2, -0.15) is 0 Å². The average molecular weight is 184 g/mol. The van der Waals surface area contributed by atoms with E-state index >= 15 is 0 Å². The molecule has 0 aromatic heterocycles. The summed E-state index contributed by atoms with van der Waals surface area (Å²) in [6.45, 7) is 10.7. The summed E-state index contributed by atoms with van der Waals surface area (Å²) < 4.78 is 0. The van der Waals surface area contributed by atoms with Crippen LogP contribution in [0.4, 0.5) is 0 Å². The molecule has 1 aliphatic rings. The average Bonchev–Trinajstić information content (AvgIpc) is 2.06. The van der Waals surface area contributed by atoms with Crippen molar-refractivity contribution in [2.45, 2.75) is 19.8 Å². The van der Waals surface area contributed by atoms with Crippen LogP contribution in [0.15, 0.2) is 13.2 Å². The van der Waals surface area contributed by atoms with E-state index in [4.69, 9.17) is 5.73 Å². The maximum absolute atomic E-state index is 10.6. The number of carbonyl (C=O) groups excluding carboxylic acids is 1. The Labute approximate surface area is 80.6 Å². The van der Waals surface area contributed by atoms with Crippen LogP contribution in [0.25, 0.3) is 0 Å². The van der Waals surface area contributed by atoms with E-state index < -0.39 is 0 Å². The zero-order chi connectivity index (χ0) is 10.3. The molecular formula is C10H20N2O. The summed E-state index contributed by atoms with van der Waals surface area (Å²) in [5, 5.41) is 0. The Kier molecular flexibility index (Phi) is 6.24. The first-order valence-corrected chi connectivity index (χ1v) is 4.69. The lowest BCUT2D eigenvalue weighted by atomic mass is 10.0. The number of rotatable bonds is 2. The Bertz CT molecular complexity index is 159. The topological polar surface area (TPSA) is 46.3 Å². The molecule has 1 atom stereocenters. The predicted molar refractivity (Wildman–Crippen MR) is 55.3 cm³/mol. The number of likely N-dealkylation sites (tertiary alicyclic amines) is 1. The van der Waals surface area contributed by atoms with Crippen molar-refractivity contribution in [1.82, 2.24) is 4.90 Å². The molecule has 0 aromatic carbocycles. The monoisotopic (exact) mass is 184 g/mol. The SMILES string of the molecule is C=C.CC1CCCN(CC(N)=O)C1. The van der Waals surface area contributed by atoms with Crippen LogP contribution >= 0.6 is 0 Å². The number of carbonyl (C=O) groups is 1. The Morgan fingerprint density at radius 3 is 2.69 bits per heavy atom. The smallest absolute Gasteiger partial charge is 0.231 e. The molecule has 3 nitrogen and oxygen atoms in total. The second-order valence-corrected chi connectivity index (χ2v) is 3.45. The van der Waals surface area contributed by atoms with E-state index in [1.165, 1.54) is 12.8 Å². The van der Waals surface area contributed by atoms with Crippen molar-refractivity contribution >= 4 is 5.91 Å². The fourth-order valence-electron chi connectivity index (χ4n) is 1.65. The number of primary amides is 1. The van der Waals surface area contributed by atoms with Gasteiger partial charge < -0.3 is 5.73 Å². The molecule has 0 bridgehead atoms. The third-order valence-corrected chi connectivity index (χ3v) is 2.12. The Balaban J connectivity index is 0.000000671. The fraction of sp³-hybridized carbons (Fsp3) is 0.700. The van der Waals surface area contributed by atoms with E-state index in [0.717, 1.165) is 19.0 Å². The minimum atomic E-state index is -0.209. The van der Waals surface area contributed by atoms with E-state index in [9.17, 15) is 4.79 Å². The van der Waals surface area contributed by atoms with Gasteiger partial charge in [0.15, 0.2) is 0 Å². The van der Waals surface area contributed by atoms with Gasteiger partial charge in [-0.05, 0) is 25.3 Å². The van der Waals surface area contributed by atoms with Crippen LogP contribution in [0.5, 0.6) is 0 Å². The van der Waals surface area contributed by atoms with E-state index in [-0.39, 0.29) is 5.91 Å². The van der Waals surface area contributed by atoms with Gasteiger partial charge in [-0.15, -0.1) is 13.2 Å². The van der Waals surface area contributed by atoms with Crippen LogP contribution in [-0.2, 0) is 4.79 Å². The molecule has 1 unspecified atom stereocenters. The third-order valence-electron chi connectivity index (χ3n) is 2.12. The first kappa shape index (κ1) is 12.2. The number of hydrogen-bond acceptors (Lipinski definition) is 2. The summed E-state index contributed by atoms with van der Waals surface area (Å²) >= 11 is 0. The largest absolute Gasteiger partial charge is 0.369 e. The molecular weight excluding hydrogens is 164 g/mol. The maximum Gasteiger partial charge on any atom is 0.231 e. The molecule has 1 saturated heterocycles. The van der Waals surface area contributed by atoms with Crippen molar-refractivity contribution in [1.29, 1.82) is 0 Å². The van der Waals surface area contributed by atoms with Crippen molar-refractivity contribution in [3.8, 4) is 0 Å². The number of piperidine rings is 1. The molecule has 3 heteroatoms. The van der Waals surface area contributed by atoms with Gasteiger partial charge in [0.2, 0.25) is 5.91 Å². The minimum Gasteiger partial charge on any atom is -0.369 e. The van der Waals surface area contributed by atoms with Gasteiger partial charge in [0, 0.05) is 6.54 Å². The van der Waals surface area contributed by atoms with Gasteiger partial charge in [0.05, 0.1) is 6.54 Å². The Hall–Kier alpha value is -0.830. The van der Waals surface area contributed by atoms with Crippen LogP contribution in [0.3, 0.4) is 0 Å². The first-order chi connectivity index (χ1) is 6.18. The molecule has 0 aliphatic carbocycles. The van der Waals surface area contributed by atoms with Gasteiger partial charge in [0.25, 0.3) is 0 Å². The lowest BCUT2D eigenvalue weighted by Crippen LogP contribution is -2.40. The molecule has 1 aliphatic heterocycles. The minimum absolute atomic E-state index is 0.209. The summed E-state index contributed by atoms with van der Waals surface area (Å²) in [6.07, 6.45) is 2.49. The molecule has 13 heavy (non-hydrogen) atoms. The summed E-state index contributed by atoms with van der Waals surface area (Å²) in [4.78, 5) is 12.7. The van der Waals surface area contributed by atoms with Crippen molar-refractivity contribution in [2.24, 2.45) is 11.7 Å². The number of nitrogens with zero attached hydrogens (tertiary/aromatic N) is 1. The highest BCUT2D eigenvalue weighted by atomic mass is 16.1. The standard InChI is InChI=1S/C8H16N2O.C2H4/c1-7-3-2-4-10(5-7)6-8(9)11;1-2/h7H,2-6H2,1H3,(H2,9,11);1-2H2. The molecule has 76 valence electrons. The van der Waals surface area contributed by atoms with Gasteiger partial charge in [0.1, 0.15) is 0 Å². The van der Waals surface area contributed by atoms with Crippen LogP contribution in [0.1, 0.15) is 19.8 Å². The summed E-state index contributed by atoms with van der Waals surface area (Å²) in [6, 6.07) is 0. The van der Waals surface area contributed by atoms with Crippen molar-refractivity contribution in [3.05, 3.63) is 13.2 Å². The Morgan fingerprint density at radius 1 is 1.62 bits per heavy atom. The van der Waals surface area contributed by atoms with Crippen LogP contribution in [0.2, 0.25) is 0 Å². The van der Waals surface area contributed by atoms with E-state index in [1.807, 2.05) is 0 Å². The molecule has 0 saturated carbocycles. The molecule has 1 amide bonds.